The maximum absolute atomic E-state index is 12.6. The Labute approximate surface area is 180 Å². The first-order chi connectivity index (χ1) is 14.8. The second-order valence-corrected chi connectivity index (χ2v) is 9.67. The van der Waals surface area contributed by atoms with Gasteiger partial charge in [0.1, 0.15) is 13.2 Å². The average molecular weight is 445 g/mol. The van der Waals surface area contributed by atoms with E-state index in [1.807, 2.05) is 0 Å². The molecule has 10 heteroatoms. The van der Waals surface area contributed by atoms with Crippen molar-refractivity contribution >= 4 is 27.5 Å². The number of hydrogen-bond donors (Lipinski definition) is 1. The standard InChI is InChI=1S/C21H23N3O6S/c1-23(2)31(27,28)17-6-3-14(4-7-17)21(26)22-15-11-20(25)24(13-15)16-5-8-18-19(12-16)30-10-9-29-18/h3-8,12,15H,9-11,13H2,1-2H3,(H,22,26). The number of fused-ring (bicyclic) bond motifs is 1. The topological polar surface area (TPSA) is 105 Å². The summed E-state index contributed by atoms with van der Waals surface area (Å²) >= 11 is 0. The molecular formula is C21H23N3O6S. The molecule has 0 aliphatic carbocycles. The predicted molar refractivity (Wildman–Crippen MR) is 113 cm³/mol. The molecule has 164 valence electrons. The normalized spacial score (nSPS) is 18.4. The van der Waals surface area contributed by atoms with Crippen molar-refractivity contribution in [3.8, 4) is 11.5 Å². The number of nitrogens with one attached hydrogen (secondary N) is 1. The molecule has 2 amide bonds. The predicted octanol–water partition coefficient (Wildman–Crippen LogP) is 1.24. The summed E-state index contributed by atoms with van der Waals surface area (Å²) in [6, 6.07) is 10.7. The van der Waals surface area contributed by atoms with Gasteiger partial charge in [-0.25, -0.2) is 12.7 Å². The van der Waals surface area contributed by atoms with Gasteiger partial charge in [0.05, 0.1) is 10.9 Å². The van der Waals surface area contributed by atoms with Crippen molar-refractivity contribution < 1.29 is 27.5 Å². The summed E-state index contributed by atoms with van der Waals surface area (Å²) in [5.41, 5.74) is 1.01. The number of carbonyl (C=O) groups excluding carboxylic acids is 2. The van der Waals surface area contributed by atoms with Gasteiger partial charge in [-0.05, 0) is 36.4 Å². The van der Waals surface area contributed by atoms with Gasteiger partial charge < -0.3 is 19.7 Å². The number of amides is 2. The third kappa shape index (κ3) is 4.21. The second kappa shape index (κ2) is 8.20. The van der Waals surface area contributed by atoms with Crippen LogP contribution in [0.3, 0.4) is 0 Å². The van der Waals surface area contributed by atoms with Crippen LogP contribution in [-0.2, 0) is 14.8 Å². The van der Waals surface area contributed by atoms with Crippen LogP contribution in [0.5, 0.6) is 11.5 Å². The number of carbonyl (C=O) groups is 2. The van der Waals surface area contributed by atoms with E-state index in [1.54, 1.807) is 23.1 Å². The summed E-state index contributed by atoms with van der Waals surface area (Å²) < 4.78 is 36.5. The van der Waals surface area contributed by atoms with E-state index in [-0.39, 0.29) is 29.2 Å². The number of ether oxygens (including phenoxy) is 2. The van der Waals surface area contributed by atoms with E-state index >= 15 is 0 Å². The minimum atomic E-state index is -3.56. The van der Waals surface area contributed by atoms with Crippen molar-refractivity contribution in [3.63, 3.8) is 0 Å². The van der Waals surface area contributed by atoms with Gasteiger partial charge in [0, 0.05) is 44.4 Å². The van der Waals surface area contributed by atoms with Crippen molar-refractivity contribution in [3.05, 3.63) is 48.0 Å². The van der Waals surface area contributed by atoms with Crippen molar-refractivity contribution in [2.24, 2.45) is 0 Å². The van der Waals surface area contributed by atoms with Gasteiger partial charge in [-0.3, -0.25) is 9.59 Å². The fourth-order valence-electron chi connectivity index (χ4n) is 3.51. The zero-order chi connectivity index (χ0) is 22.2. The SMILES string of the molecule is CN(C)S(=O)(=O)c1ccc(C(=O)NC2CC(=O)N(c3ccc4c(c3)OCCO4)C2)cc1. The molecule has 1 N–H and O–H groups in total. The first kappa shape index (κ1) is 21.1. The van der Waals surface area contributed by atoms with E-state index in [2.05, 4.69) is 5.32 Å². The first-order valence-corrected chi connectivity index (χ1v) is 11.2. The van der Waals surface area contributed by atoms with Gasteiger partial charge in [-0.2, -0.15) is 0 Å². The molecule has 4 rings (SSSR count). The van der Waals surface area contributed by atoms with Crippen LogP contribution in [0.15, 0.2) is 47.4 Å². The lowest BCUT2D eigenvalue weighted by Gasteiger charge is -2.22. The highest BCUT2D eigenvalue weighted by Gasteiger charge is 2.32. The van der Waals surface area contributed by atoms with Gasteiger partial charge in [-0.15, -0.1) is 0 Å². The third-order valence-corrected chi connectivity index (χ3v) is 7.02. The van der Waals surface area contributed by atoms with E-state index in [0.717, 1.165) is 4.31 Å². The first-order valence-electron chi connectivity index (χ1n) is 9.79. The van der Waals surface area contributed by atoms with Crippen LogP contribution in [0.25, 0.3) is 0 Å². The fraction of sp³-hybridized carbons (Fsp3) is 0.333. The molecule has 9 nitrogen and oxygen atoms in total. The zero-order valence-corrected chi connectivity index (χ0v) is 18.0. The molecule has 2 aliphatic rings. The highest BCUT2D eigenvalue weighted by atomic mass is 32.2. The van der Waals surface area contributed by atoms with Crippen LogP contribution < -0.4 is 19.7 Å². The summed E-state index contributed by atoms with van der Waals surface area (Å²) in [5, 5.41) is 2.85. The number of anilines is 1. The van der Waals surface area contributed by atoms with Crippen LogP contribution >= 0.6 is 0 Å². The van der Waals surface area contributed by atoms with Crippen molar-refractivity contribution in [1.29, 1.82) is 0 Å². The highest BCUT2D eigenvalue weighted by molar-refractivity contribution is 7.89. The molecular weight excluding hydrogens is 422 g/mol. The third-order valence-electron chi connectivity index (χ3n) is 5.19. The maximum atomic E-state index is 12.6. The van der Waals surface area contributed by atoms with Gasteiger partial charge in [0.25, 0.3) is 5.91 Å². The molecule has 31 heavy (non-hydrogen) atoms. The summed E-state index contributed by atoms with van der Waals surface area (Å²) in [7, 11) is -0.673. The largest absolute Gasteiger partial charge is 0.486 e. The van der Waals surface area contributed by atoms with Crippen molar-refractivity contribution in [1.82, 2.24) is 9.62 Å². The van der Waals surface area contributed by atoms with Gasteiger partial charge in [0.2, 0.25) is 15.9 Å². The quantitative estimate of drug-likeness (QED) is 0.743. The molecule has 1 atom stereocenters. The summed E-state index contributed by atoms with van der Waals surface area (Å²) in [5.74, 6) is 0.771. The van der Waals surface area contributed by atoms with E-state index in [0.29, 0.717) is 42.5 Å². The molecule has 2 aromatic carbocycles. The number of sulfonamides is 1. The average Bonchev–Trinajstić information content (AvgIpc) is 3.13. The van der Waals surface area contributed by atoms with E-state index in [1.165, 1.54) is 38.4 Å². The Kier molecular flexibility index (Phi) is 5.59. The Morgan fingerprint density at radius 3 is 2.42 bits per heavy atom. The lowest BCUT2D eigenvalue weighted by atomic mass is 10.2. The van der Waals surface area contributed by atoms with Gasteiger partial charge in [-0.1, -0.05) is 0 Å². The number of nitrogens with zero attached hydrogens (tertiary/aromatic N) is 2. The summed E-state index contributed by atoms with van der Waals surface area (Å²) in [6.45, 7) is 1.28. The minimum Gasteiger partial charge on any atom is -0.486 e. The highest BCUT2D eigenvalue weighted by Crippen LogP contribution is 2.35. The molecule has 2 aromatic rings. The van der Waals surface area contributed by atoms with Crippen molar-refractivity contribution in [2.45, 2.75) is 17.4 Å². The van der Waals surface area contributed by atoms with E-state index in [9.17, 15) is 18.0 Å². The minimum absolute atomic E-state index is 0.102. The number of hydrogen-bond acceptors (Lipinski definition) is 6. The van der Waals surface area contributed by atoms with Crippen molar-refractivity contribution in [2.75, 3.05) is 38.8 Å². The molecule has 2 aliphatic heterocycles. The Balaban J connectivity index is 1.42. The number of rotatable bonds is 5. The van der Waals surface area contributed by atoms with Crippen LogP contribution in [0, 0.1) is 0 Å². The molecule has 0 saturated carbocycles. The van der Waals surface area contributed by atoms with Crippen LogP contribution in [-0.4, -0.2) is 64.4 Å². The summed E-state index contributed by atoms with van der Waals surface area (Å²) in [6.07, 6.45) is 0.174. The van der Waals surface area contributed by atoms with Crippen LogP contribution in [0.4, 0.5) is 5.69 Å². The molecule has 0 spiro atoms. The molecule has 0 radical (unpaired) electrons. The van der Waals surface area contributed by atoms with Gasteiger partial charge in [0.15, 0.2) is 11.5 Å². The Bertz CT molecular complexity index is 1110. The second-order valence-electron chi connectivity index (χ2n) is 7.52. The lowest BCUT2D eigenvalue weighted by molar-refractivity contribution is -0.117. The van der Waals surface area contributed by atoms with Gasteiger partial charge >= 0.3 is 0 Å². The zero-order valence-electron chi connectivity index (χ0n) is 17.2. The Hall–Kier alpha value is -3.11. The molecule has 0 aromatic heterocycles. The van der Waals surface area contributed by atoms with E-state index in [4.69, 9.17) is 9.47 Å². The molecule has 1 unspecified atom stereocenters. The number of benzene rings is 2. The fourth-order valence-corrected chi connectivity index (χ4v) is 4.41. The molecule has 1 saturated heterocycles. The Morgan fingerprint density at radius 1 is 1.06 bits per heavy atom. The van der Waals surface area contributed by atoms with Crippen LogP contribution in [0.1, 0.15) is 16.8 Å². The Morgan fingerprint density at radius 2 is 1.74 bits per heavy atom. The summed E-state index contributed by atoms with van der Waals surface area (Å²) in [4.78, 5) is 26.8. The molecule has 1 fully saturated rings. The molecule has 2 heterocycles. The van der Waals surface area contributed by atoms with E-state index < -0.39 is 10.0 Å². The lowest BCUT2D eigenvalue weighted by Crippen LogP contribution is -2.37. The monoisotopic (exact) mass is 445 g/mol. The van der Waals surface area contributed by atoms with Crippen LogP contribution in [0.2, 0.25) is 0 Å². The maximum Gasteiger partial charge on any atom is 0.251 e. The smallest absolute Gasteiger partial charge is 0.251 e. The molecule has 0 bridgehead atoms.